The highest BCUT2D eigenvalue weighted by Crippen LogP contribution is 2.18. The maximum absolute atomic E-state index is 9.18. The summed E-state index contributed by atoms with van der Waals surface area (Å²) in [4.78, 5) is 0. The molecule has 10 heavy (non-hydrogen) atoms. The summed E-state index contributed by atoms with van der Waals surface area (Å²) in [6.07, 6.45) is 1.48. The summed E-state index contributed by atoms with van der Waals surface area (Å²) >= 11 is 0. The van der Waals surface area contributed by atoms with E-state index in [2.05, 4.69) is 0 Å². The Morgan fingerprint density at radius 2 is 2.20 bits per heavy atom. The zero-order valence-corrected chi connectivity index (χ0v) is 5.92. The molecule has 1 N–H and O–H groups in total. The number of aliphatic hydroxyl groups is 1. The fraction of sp³-hybridized carbons (Fsp3) is 1.00. The number of hydrogen-bond donors (Lipinski definition) is 1. The van der Waals surface area contributed by atoms with Gasteiger partial charge in [0.1, 0.15) is 0 Å². The molecule has 0 saturated carbocycles. The third-order valence-corrected chi connectivity index (χ3v) is 1.61. The van der Waals surface area contributed by atoms with Gasteiger partial charge in [-0.15, -0.1) is 0 Å². The van der Waals surface area contributed by atoms with Crippen molar-refractivity contribution in [3.63, 3.8) is 0 Å². The Morgan fingerprint density at radius 1 is 1.50 bits per heavy atom. The van der Waals surface area contributed by atoms with Gasteiger partial charge in [-0.25, -0.2) is 0 Å². The first-order valence-corrected chi connectivity index (χ1v) is 3.50. The molecule has 52 valence electrons. The third kappa shape index (κ3) is 2.35. The molecular weight excluding hydrogens is 126 g/mol. The normalized spacial score (nSPS) is 33.1. The van der Waals surface area contributed by atoms with Crippen LogP contribution < -0.4 is 0 Å². The fourth-order valence-corrected chi connectivity index (χ4v) is 1.11. The highest BCUT2D eigenvalue weighted by molar-refractivity contribution is 6.39. The minimum Gasteiger partial charge on any atom is -0.394 e. The van der Waals surface area contributed by atoms with Gasteiger partial charge in [0.05, 0.1) is 21.8 Å². The molecule has 4 radical (unpaired) electrons. The molecule has 1 heterocycles. The minimum absolute atomic E-state index is 0.326. The van der Waals surface area contributed by atoms with Gasteiger partial charge < -0.3 is 9.84 Å². The van der Waals surface area contributed by atoms with Crippen molar-refractivity contribution in [2.45, 2.75) is 30.8 Å². The van der Waals surface area contributed by atoms with Crippen LogP contribution in [0.1, 0.15) is 19.3 Å². The lowest BCUT2D eigenvalue weighted by molar-refractivity contribution is 0.0634. The van der Waals surface area contributed by atoms with Gasteiger partial charge in [-0.2, -0.15) is 0 Å². The second-order valence-electron chi connectivity index (χ2n) is 2.80. The Balaban J connectivity index is 2.46. The molecule has 1 rings (SSSR count). The summed E-state index contributed by atoms with van der Waals surface area (Å²) in [6.45, 7) is 0.546. The topological polar surface area (TPSA) is 29.5 Å². The first-order valence-electron chi connectivity index (χ1n) is 3.50. The van der Waals surface area contributed by atoms with Crippen molar-refractivity contribution in [1.82, 2.24) is 0 Å². The van der Waals surface area contributed by atoms with Crippen LogP contribution in [0.4, 0.5) is 0 Å². The van der Waals surface area contributed by atoms with Crippen LogP contribution in [0.2, 0.25) is 0 Å². The van der Waals surface area contributed by atoms with Crippen molar-refractivity contribution in [3.05, 3.63) is 0 Å². The number of aliphatic hydroxyl groups excluding tert-OH is 1. The lowest BCUT2D eigenvalue weighted by Crippen LogP contribution is -2.35. The van der Waals surface area contributed by atoms with E-state index in [-0.39, 0.29) is 0 Å². The quantitative estimate of drug-likeness (QED) is 0.456. The molecule has 0 bridgehead atoms. The number of ether oxygens (including phenoxy) is 1. The van der Waals surface area contributed by atoms with Crippen LogP contribution in [0.25, 0.3) is 0 Å². The summed E-state index contributed by atoms with van der Waals surface area (Å²) in [5.41, 5.74) is 0. The molecular formula is C6H10B2O2. The molecule has 0 aliphatic carbocycles. The first kappa shape index (κ1) is 8.15. The van der Waals surface area contributed by atoms with Gasteiger partial charge in [-0.3, -0.25) is 0 Å². The highest BCUT2D eigenvalue weighted by Gasteiger charge is 2.24. The van der Waals surface area contributed by atoms with Crippen LogP contribution >= 0.6 is 0 Å². The van der Waals surface area contributed by atoms with Crippen LogP contribution in [0.3, 0.4) is 0 Å². The van der Waals surface area contributed by atoms with Crippen molar-refractivity contribution in [3.8, 4) is 0 Å². The van der Waals surface area contributed by atoms with E-state index in [1.165, 1.54) is 0 Å². The summed E-state index contributed by atoms with van der Waals surface area (Å²) in [5.74, 6) is 0. The molecule has 1 aliphatic heterocycles. The van der Waals surface area contributed by atoms with Gasteiger partial charge >= 0.3 is 0 Å². The first-order chi connectivity index (χ1) is 4.60. The van der Waals surface area contributed by atoms with Crippen LogP contribution in [0, 0.1) is 0 Å². The maximum atomic E-state index is 9.18. The standard InChI is InChI=1S/C6H10B2O2/c7-6(8)4-5(9)2-1-3-10-6/h5,9H,1-4H2. The summed E-state index contributed by atoms with van der Waals surface area (Å²) < 4.78 is 5.06. The van der Waals surface area contributed by atoms with Crippen molar-refractivity contribution < 1.29 is 9.84 Å². The second kappa shape index (κ2) is 2.97. The largest absolute Gasteiger partial charge is 0.394 e. The smallest absolute Gasteiger partial charge is 0.0994 e. The van der Waals surface area contributed by atoms with E-state index in [1.807, 2.05) is 0 Å². The second-order valence-corrected chi connectivity index (χ2v) is 2.80. The van der Waals surface area contributed by atoms with Gasteiger partial charge in [0.25, 0.3) is 0 Å². The predicted octanol–water partition coefficient (Wildman–Crippen LogP) is -0.461. The van der Waals surface area contributed by atoms with Gasteiger partial charge in [0.15, 0.2) is 0 Å². The van der Waals surface area contributed by atoms with Crippen LogP contribution in [0.15, 0.2) is 0 Å². The summed E-state index contributed by atoms with van der Waals surface area (Å²) in [7, 11) is 10.9. The molecule has 1 aliphatic rings. The summed E-state index contributed by atoms with van der Waals surface area (Å²) in [5, 5.41) is 8.07. The molecule has 0 aromatic rings. The van der Waals surface area contributed by atoms with Gasteiger partial charge in [0, 0.05) is 6.61 Å². The zero-order valence-electron chi connectivity index (χ0n) is 5.92. The Kier molecular flexibility index (Phi) is 2.42. The van der Waals surface area contributed by atoms with Gasteiger partial charge in [-0.1, -0.05) is 0 Å². The van der Waals surface area contributed by atoms with E-state index in [0.717, 1.165) is 12.8 Å². The van der Waals surface area contributed by atoms with Crippen molar-refractivity contribution in [2.75, 3.05) is 6.61 Å². The van der Waals surface area contributed by atoms with E-state index in [4.69, 9.17) is 20.4 Å². The lowest BCUT2D eigenvalue weighted by atomic mass is 9.62. The van der Waals surface area contributed by atoms with Gasteiger partial charge in [0.2, 0.25) is 0 Å². The molecule has 4 heteroatoms. The Hall–Kier alpha value is 0.0499. The van der Waals surface area contributed by atoms with Crippen molar-refractivity contribution >= 4 is 15.7 Å². The maximum Gasteiger partial charge on any atom is 0.0994 e. The molecule has 1 saturated heterocycles. The van der Waals surface area contributed by atoms with E-state index < -0.39 is 11.5 Å². The van der Waals surface area contributed by atoms with Crippen LogP contribution in [-0.2, 0) is 4.74 Å². The van der Waals surface area contributed by atoms with Crippen LogP contribution in [0.5, 0.6) is 0 Å². The molecule has 2 nitrogen and oxygen atoms in total. The molecule has 0 amide bonds. The average Bonchev–Trinajstić information content (AvgIpc) is 1.90. The van der Waals surface area contributed by atoms with E-state index in [0.29, 0.717) is 13.0 Å². The Morgan fingerprint density at radius 3 is 2.90 bits per heavy atom. The fourth-order valence-electron chi connectivity index (χ4n) is 1.11. The van der Waals surface area contributed by atoms with Crippen molar-refractivity contribution in [2.24, 2.45) is 0 Å². The molecule has 0 aromatic heterocycles. The zero-order chi connectivity index (χ0) is 7.61. The minimum atomic E-state index is -1.12. The van der Waals surface area contributed by atoms with E-state index >= 15 is 0 Å². The lowest BCUT2D eigenvalue weighted by Gasteiger charge is -2.25. The molecule has 1 atom stereocenters. The van der Waals surface area contributed by atoms with E-state index in [9.17, 15) is 5.11 Å². The molecule has 1 unspecified atom stereocenters. The van der Waals surface area contributed by atoms with Crippen LogP contribution in [-0.4, -0.2) is 38.9 Å². The SMILES string of the molecule is [B]C1([B])CC(O)CCCO1. The Bertz CT molecular complexity index is 116. The van der Waals surface area contributed by atoms with Crippen molar-refractivity contribution in [1.29, 1.82) is 0 Å². The number of rotatable bonds is 0. The molecule has 0 aromatic carbocycles. The summed E-state index contributed by atoms with van der Waals surface area (Å²) in [6, 6.07) is 0. The Labute approximate surface area is 63.8 Å². The molecule has 0 spiro atoms. The number of hydrogen-bond acceptors (Lipinski definition) is 2. The average molecular weight is 136 g/mol. The predicted molar refractivity (Wildman–Crippen MR) is 40.0 cm³/mol. The third-order valence-electron chi connectivity index (χ3n) is 1.61. The van der Waals surface area contributed by atoms with E-state index in [1.54, 1.807) is 0 Å². The van der Waals surface area contributed by atoms with Gasteiger partial charge in [-0.05, 0) is 24.7 Å². The monoisotopic (exact) mass is 136 g/mol. The molecule has 1 fully saturated rings. The highest BCUT2D eigenvalue weighted by atomic mass is 16.5.